The molecule has 2 aliphatic heterocycles. The van der Waals surface area contributed by atoms with Crippen LogP contribution in [0.2, 0.25) is 0 Å². The van der Waals surface area contributed by atoms with Gasteiger partial charge in [0, 0.05) is 57.9 Å². The molecule has 0 aliphatic carbocycles. The van der Waals surface area contributed by atoms with Gasteiger partial charge in [-0.15, -0.1) is 0 Å². The fourth-order valence-electron chi connectivity index (χ4n) is 3.62. The molecule has 2 aliphatic rings. The monoisotopic (exact) mass is 402 g/mol. The molecule has 160 valence electrons. The van der Waals surface area contributed by atoms with Gasteiger partial charge in [0.1, 0.15) is 0 Å². The average Bonchev–Trinajstić information content (AvgIpc) is 3.27. The van der Waals surface area contributed by atoms with Crippen molar-refractivity contribution in [1.82, 2.24) is 10.6 Å². The zero-order valence-corrected chi connectivity index (χ0v) is 17.5. The Morgan fingerprint density at radius 2 is 2.14 bits per heavy atom. The molecule has 0 spiro atoms. The lowest BCUT2D eigenvalue weighted by Crippen LogP contribution is -2.37. The molecule has 2 saturated heterocycles. The van der Waals surface area contributed by atoms with Crippen LogP contribution in [0.5, 0.6) is 0 Å². The van der Waals surface area contributed by atoms with Crippen LogP contribution >= 0.6 is 0 Å². The Labute approximate surface area is 173 Å². The third-order valence-electron chi connectivity index (χ3n) is 5.39. The van der Waals surface area contributed by atoms with Crippen molar-refractivity contribution >= 4 is 17.6 Å². The molecule has 2 heterocycles. The standard InChI is InChI=1S/C22H34N4O3/c1-23-22(24-11-4-13-28-16-19-10-14-29-17-19)25-15-18-6-8-20(9-7-18)26-12-3-2-5-21(26)27/h6-9,19H,2-5,10-17H2,1H3,(H2,23,24,25). The van der Waals surface area contributed by atoms with Crippen molar-refractivity contribution in [3.05, 3.63) is 29.8 Å². The first-order valence-electron chi connectivity index (χ1n) is 10.8. The van der Waals surface area contributed by atoms with Gasteiger partial charge >= 0.3 is 0 Å². The minimum atomic E-state index is 0.229. The lowest BCUT2D eigenvalue weighted by Gasteiger charge is -2.26. The normalized spacial score (nSPS) is 20.2. The Morgan fingerprint density at radius 3 is 2.86 bits per heavy atom. The topological polar surface area (TPSA) is 75.2 Å². The second-order valence-corrected chi connectivity index (χ2v) is 7.68. The van der Waals surface area contributed by atoms with Gasteiger partial charge in [-0.2, -0.15) is 0 Å². The van der Waals surface area contributed by atoms with Crippen LogP contribution < -0.4 is 15.5 Å². The first kappa shape index (κ1) is 21.6. The van der Waals surface area contributed by atoms with Crippen LogP contribution in [0, 0.1) is 5.92 Å². The Bertz CT molecular complexity index is 657. The van der Waals surface area contributed by atoms with Crippen molar-refractivity contribution in [1.29, 1.82) is 0 Å². The molecular formula is C22H34N4O3. The third kappa shape index (κ3) is 7.01. The second kappa shape index (κ2) is 11.8. The summed E-state index contributed by atoms with van der Waals surface area (Å²) in [6, 6.07) is 8.20. The second-order valence-electron chi connectivity index (χ2n) is 7.68. The highest BCUT2D eigenvalue weighted by atomic mass is 16.5. The molecular weight excluding hydrogens is 368 g/mol. The van der Waals surface area contributed by atoms with Crippen LogP contribution in [-0.4, -0.2) is 58.4 Å². The molecule has 1 atom stereocenters. The molecule has 29 heavy (non-hydrogen) atoms. The quantitative estimate of drug-likeness (QED) is 0.377. The molecule has 3 rings (SSSR count). The molecule has 1 aromatic carbocycles. The molecule has 0 saturated carbocycles. The van der Waals surface area contributed by atoms with Crippen LogP contribution in [0.3, 0.4) is 0 Å². The summed E-state index contributed by atoms with van der Waals surface area (Å²) in [6.07, 6.45) is 4.80. The van der Waals surface area contributed by atoms with Crippen molar-refractivity contribution in [2.75, 3.05) is 51.5 Å². The number of anilines is 1. The highest BCUT2D eigenvalue weighted by Crippen LogP contribution is 2.21. The highest BCUT2D eigenvalue weighted by molar-refractivity contribution is 5.93. The third-order valence-corrected chi connectivity index (χ3v) is 5.39. The number of piperidine rings is 1. The van der Waals surface area contributed by atoms with E-state index in [1.165, 1.54) is 0 Å². The maximum atomic E-state index is 12.0. The van der Waals surface area contributed by atoms with Gasteiger partial charge in [-0.3, -0.25) is 9.79 Å². The van der Waals surface area contributed by atoms with Crippen molar-refractivity contribution < 1.29 is 14.3 Å². The molecule has 7 heteroatoms. The highest BCUT2D eigenvalue weighted by Gasteiger charge is 2.19. The number of rotatable bonds is 9. The van der Waals surface area contributed by atoms with E-state index >= 15 is 0 Å². The Kier molecular flexibility index (Phi) is 8.77. The van der Waals surface area contributed by atoms with E-state index in [1.807, 2.05) is 17.0 Å². The fourth-order valence-corrected chi connectivity index (χ4v) is 3.62. The largest absolute Gasteiger partial charge is 0.381 e. The maximum Gasteiger partial charge on any atom is 0.226 e. The van der Waals surface area contributed by atoms with Crippen molar-refractivity contribution in [2.45, 2.75) is 38.6 Å². The number of nitrogens with one attached hydrogen (secondary N) is 2. The van der Waals surface area contributed by atoms with Crippen LogP contribution in [-0.2, 0) is 20.8 Å². The van der Waals surface area contributed by atoms with E-state index < -0.39 is 0 Å². The molecule has 1 aromatic rings. The number of hydrogen-bond acceptors (Lipinski definition) is 4. The van der Waals surface area contributed by atoms with Gasteiger partial charge in [0.25, 0.3) is 0 Å². The average molecular weight is 403 g/mol. The number of carbonyl (C=O) groups is 1. The Hall–Kier alpha value is -2.12. The van der Waals surface area contributed by atoms with E-state index in [-0.39, 0.29) is 5.91 Å². The molecule has 0 aromatic heterocycles. The lowest BCUT2D eigenvalue weighted by molar-refractivity contribution is -0.119. The summed E-state index contributed by atoms with van der Waals surface area (Å²) in [5, 5.41) is 6.65. The number of amides is 1. The summed E-state index contributed by atoms with van der Waals surface area (Å²) in [7, 11) is 1.77. The van der Waals surface area contributed by atoms with Crippen molar-refractivity contribution in [3.8, 4) is 0 Å². The molecule has 0 radical (unpaired) electrons. The SMILES string of the molecule is CN=C(NCCCOCC1CCOC1)NCc1ccc(N2CCCCC2=O)cc1. The first-order valence-corrected chi connectivity index (χ1v) is 10.8. The first-order chi connectivity index (χ1) is 14.3. The summed E-state index contributed by atoms with van der Waals surface area (Å²) >= 11 is 0. The van der Waals surface area contributed by atoms with E-state index in [0.717, 1.165) is 82.4 Å². The van der Waals surface area contributed by atoms with E-state index in [1.54, 1.807) is 7.05 Å². The minimum absolute atomic E-state index is 0.229. The number of aliphatic imine (C=N–C) groups is 1. The van der Waals surface area contributed by atoms with Crippen LogP contribution in [0.1, 0.15) is 37.7 Å². The van der Waals surface area contributed by atoms with Crippen LogP contribution in [0.25, 0.3) is 0 Å². The van der Waals surface area contributed by atoms with E-state index in [2.05, 4.69) is 27.8 Å². The molecule has 1 amide bonds. The van der Waals surface area contributed by atoms with Gasteiger partial charge in [0.05, 0.1) is 13.2 Å². The number of hydrogen-bond donors (Lipinski definition) is 2. The zero-order valence-electron chi connectivity index (χ0n) is 17.5. The van der Waals surface area contributed by atoms with Gasteiger partial charge < -0.3 is 25.0 Å². The molecule has 1 unspecified atom stereocenters. The van der Waals surface area contributed by atoms with E-state index in [4.69, 9.17) is 9.47 Å². The minimum Gasteiger partial charge on any atom is -0.381 e. The van der Waals surface area contributed by atoms with Gasteiger partial charge in [0.2, 0.25) is 5.91 Å². The summed E-state index contributed by atoms with van der Waals surface area (Å²) < 4.78 is 11.1. The van der Waals surface area contributed by atoms with E-state index in [0.29, 0.717) is 18.9 Å². The van der Waals surface area contributed by atoms with Gasteiger partial charge in [-0.05, 0) is 43.4 Å². The number of carbonyl (C=O) groups excluding carboxylic acids is 1. The predicted molar refractivity (Wildman–Crippen MR) is 115 cm³/mol. The Balaban J connectivity index is 1.32. The number of nitrogens with zero attached hydrogens (tertiary/aromatic N) is 2. The summed E-state index contributed by atoms with van der Waals surface area (Å²) in [4.78, 5) is 18.2. The lowest BCUT2D eigenvalue weighted by atomic mass is 10.1. The maximum absolute atomic E-state index is 12.0. The summed E-state index contributed by atoms with van der Waals surface area (Å²) in [6.45, 7) is 5.58. The smallest absolute Gasteiger partial charge is 0.226 e. The molecule has 2 fully saturated rings. The molecule has 0 bridgehead atoms. The molecule has 7 nitrogen and oxygen atoms in total. The predicted octanol–water partition coefficient (Wildman–Crippen LogP) is 2.31. The van der Waals surface area contributed by atoms with Crippen LogP contribution in [0.4, 0.5) is 5.69 Å². The number of benzene rings is 1. The number of guanidine groups is 1. The Morgan fingerprint density at radius 1 is 1.28 bits per heavy atom. The fraction of sp³-hybridized carbons (Fsp3) is 0.636. The molecule has 2 N–H and O–H groups in total. The van der Waals surface area contributed by atoms with Crippen molar-refractivity contribution in [2.24, 2.45) is 10.9 Å². The zero-order chi connectivity index (χ0) is 20.3. The van der Waals surface area contributed by atoms with Crippen LogP contribution in [0.15, 0.2) is 29.3 Å². The van der Waals surface area contributed by atoms with Gasteiger partial charge in [-0.1, -0.05) is 12.1 Å². The number of ether oxygens (including phenoxy) is 2. The summed E-state index contributed by atoms with van der Waals surface area (Å²) in [5.74, 6) is 1.58. The van der Waals surface area contributed by atoms with Crippen molar-refractivity contribution in [3.63, 3.8) is 0 Å². The summed E-state index contributed by atoms with van der Waals surface area (Å²) in [5.41, 5.74) is 2.15. The van der Waals surface area contributed by atoms with Gasteiger partial charge in [-0.25, -0.2) is 0 Å². The van der Waals surface area contributed by atoms with E-state index in [9.17, 15) is 4.79 Å². The van der Waals surface area contributed by atoms with Gasteiger partial charge in [0.15, 0.2) is 5.96 Å².